The van der Waals surface area contributed by atoms with Crippen LogP contribution in [0.4, 0.5) is 0 Å². The van der Waals surface area contributed by atoms with Gasteiger partial charge in [0.2, 0.25) is 0 Å². The smallest absolute Gasteiger partial charge is 0.474 e. The molecule has 25 heavy (non-hydrogen) atoms. The molecule has 128 valence electrons. The summed E-state index contributed by atoms with van der Waals surface area (Å²) in [6.07, 6.45) is 2.77. The van der Waals surface area contributed by atoms with E-state index in [2.05, 4.69) is 12.1 Å². The number of hydrogen-bond donors (Lipinski definition) is 0. The standard InChI is InChI=1S/C19H18BClNO3/c1-2-3-11-17-18(19(22-25-17)14-9-5-4-6-10-14)20(21)23-15-12-7-8-13-16(15)24-20/h4-10,12-13H,2-3,11H2,1H3/q-1. The zero-order valence-corrected chi connectivity index (χ0v) is 14.7. The van der Waals surface area contributed by atoms with Crippen LogP contribution in [-0.2, 0) is 6.42 Å². The Balaban J connectivity index is 1.81. The molecule has 1 aromatic heterocycles. The molecule has 0 aliphatic carbocycles. The number of fused-ring (bicyclic) bond motifs is 1. The third-order valence-electron chi connectivity index (χ3n) is 4.36. The van der Waals surface area contributed by atoms with Crippen LogP contribution in [0.15, 0.2) is 59.1 Å². The van der Waals surface area contributed by atoms with Gasteiger partial charge < -0.3 is 13.8 Å². The highest BCUT2D eigenvalue weighted by molar-refractivity contribution is 7.21. The SMILES string of the molecule is CCCCc1onc(-c2ccccc2)c1[B-]1(Cl)Oc2ccccc2O1. The molecule has 0 bridgehead atoms. The lowest BCUT2D eigenvalue weighted by atomic mass is 9.73. The van der Waals surface area contributed by atoms with E-state index in [1.165, 1.54) is 0 Å². The van der Waals surface area contributed by atoms with Gasteiger partial charge in [0.05, 0.1) is 5.69 Å². The van der Waals surface area contributed by atoms with E-state index in [1.54, 1.807) is 0 Å². The van der Waals surface area contributed by atoms with Crippen molar-refractivity contribution in [3.63, 3.8) is 0 Å². The van der Waals surface area contributed by atoms with Crippen LogP contribution >= 0.6 is 11.5 Å². The maximum absolute atomic E-state index is 6.86. The lowest BCUT2D eigenvalue weighted by molar-refractivity contribution is 0.382. The maximum Gasteiger partial charge on any atom is 0.474 e. The fraction of sp³-hybridized carbons (Fsp3) is 0.211. The first-order chi connectivity index (χ1) is 12.2. The predicted molar refractivity (Wildman–Crippen MR) is 99.5 cm³/mol. The molecule has 0 N–H and O–H groups in total. The molecule has 1 aliphatic heterocycles. The van der Waals surface area contributed by atoms with Crippen molar-refractivity contribution in [1.29, 1.82) is 0 Å². The zero-order chi connectivity index (χ0) is 17.3. The van der Waals surface area contributed by atoms with E-state index >= 15 is 0 Å². The zero-order valence-electron chi connectivity index (χ0n) is 13.9. The second kappa shape index (κ2) is 6.49. The number of rotatable bonds is 5. The Bertz CT molecular complexity index is 856. The molecule has 2 heterocycles. The van der Waals surface area contributed by atoms with Gasteiger partial charge in [-0.05, 0) is 24.0 Å². The molecule has 0 saturated carbocycles. The van der Waals surface area contributed by atoms with Crippen molar-refractivity contribution in [3.05, 3.63) is 60.4 Å². The van der Waals surface area contributed by atoms with E-state index in [4.69, 9.17) is 25.3 Å². The van der Waals surface area contributed by atoms with E-state index < -0.39 is 5.97 Å². The van der Waals surface area contributed by atoms with Crippen LogP contribution in [-0.4, -0.2) is 11.1 Å². The lowest BCUT2D eigenvalue weighted by Crippen LogP contribution is -2.53. The van der Waals surface area contributed by atoms with Gasteiger partial charge in [0, 0.05) is 12.0 Å². The van der Waals surface area contributed by atoms with Crippen molar-refractivity contribution < 1.29 is 13.8 Å². The summed E-state index contributed by atoms with van der Waals surface area (Å²) >= 11 is 6.86. The summed E-state index contributed by atoms with van der Waals surface area (Å²) in [6.45, 7) is 2.13. The van der Waals surface area contributed by atoms with Crippen LogP contribution in [0.1, 0.15) is 25.5 Å². The largest absolute Gasteiger partial charge is 0.664 e. The summed E-state index contributed by atoms with van der Waals surface area (Å²) < 4.78 is 17.7. The summed E-state index contributed by atoms with van der Waals surface area (Å²) in [7, 11) is 0. The van der Waals surface area contributed by atoms with Crippen molar-refractivity contribution in [2.24, 2.45) is 0 Å². The van der Waals surface area contributed by atoms with Crippen molar-refractivity contribution in [2.45, 2.75) is 26.2 Å². The first-order valence-electron chi connectivity index (χ1n) is 8.55. The Labute approximate surface area is 151 Å². The summed E-state index contributed by atoms with van der Waals surface area (Å²) in [5, 5.41) is 4.29. The molecule has 3 aromatic rings. The van der Waals surface area contributed by atoms with Gasteiger partial charge in [-0.3, -0.25) is 11.5 Å². The molecule has 4 nitrogen and oxygen atoms in total. The van der Waals surface area contributed by atoms with Gasteiger partial charge in [0.25, 0.3) is 0 Å². The number of benzene rings is 2. The second-order valence-electron chi connectivity index (χ2n) is 6.14. The molecule has 0 fully saturated rings. The van der Waals surface area contributed by atoms with Gasteiger partial charge in [0.1, 0.15) is 17.3 Å². The van der Waals surface area contributed by atoms with E-state index in [1.807, 2.05) is 54.6 Å². The van der Waals surface area contributed by atoms with Gasteiger partial charge >= 0.3 is 5.97 Å². The van der Waals surface area contributed by atoms with E-state index in [0.29, 0.717) is 22.7 Å². The topological polar surface area (TPSA) is 44.5 Å². The van der Waals surface area contributed by atoms with Crippen LogP contribution in [0.2, 0.25) is 0 Å². The quantitative estimate of drug-likeness (QED) is 0.631. The highest BCUT2D eigenvalue weighted by Crippen LogP contribution is 2.40. The summed E-state index contributed by atoms with van der Waals surface area (Å²) in [5.74, 6) is -0.258. The summed E-state index contributed by atoms with van der Waals surface area (Å²) in [5.41, 5.74) is 2.31. The minimum Gasteiger partial charge on any atom is -0.664 e. The van der Waals surface area contributed by atoms with Gasteiger partial charge in [0.15, 0.2) is 0 Å². The Hall–Kier alpha value is -2.40. The van der Waals surface area contributed by atoms with Crippen LogP contribution in [0.3, 0.4) is 0 Å². The Morgan fingerprint density at radius 2 is 1.60 bits per heavy atom. The summed E-state index contributed by atoms with van der Waals surface area (Å²) in [6, 6.07) is 17.3. The van der Waals surface area contributed by atoms with Crippen LogP contribution in [0.25, 0.3) is 11.3 Å². The maximum atomic E-state index is 6.86. The number of halogens is 1. The normalized spacial score (nSPS) is 14.6. The molecule has 0 radical (unpaired) electrons. The molecule has 6 heteroatoms. The molecule has 0 spiro atoms. The van der Waals surface area contributed by atoms with Crippen LogP contribution in [0, 0.1) is 0 Å². The average molecular weight is 355 g/mol. The minimum atomic E-state index is -2.26. The van der Waals surface area contributed by atoms with E-state index in [-0.39, 0.29) is 0 Å². The number of hydrogen-bond acceptors (Lipinski definition) is 4. The molecule has 4 rings (SSSR count). The van der Waals surface area contributed by atoms with Crippen LogP contribution < -0.4 is 14.8 Å². The van der Waals surface area contributed by atoms with Crippen molar-refractivity contribution in [1.82, 2.24) is 5.16 Å². The third kappa shape index (κ3) is 2.89. The molecule has 0 amide bonds. The van der Waals surface area contributed by atoms with Gasteiger partial charge in [-0.1, -0.05) is 61.0 Å². The number of aromatic nitrogens is 1. The number of nitrogens with zero attached hydrogens (tertiary/aromatic N) is 1. The van der Waals surface area contributed by atoms with Crippen molar-refractivity contribution in [3.8, 4) is 22.8 Å². The Morgan fingerprint density at radius 1 is 0.960 bits per heavy atom. The molecule has 0 atom stereocenters. The van der Waals surface area contributed by atoms with Gasteiger partial charge in [-0.25, -0.2) is 0 Å². The van der Waals surface area contributed by atoms with E-state index in [9.17, 15) is 0 Å². The average Bonchev–Trinajstić information content (AvgIpc) is 3.21. The fourth-order valence-corrected chi connectivity index (χ4v) is 3.54. The predicted octanol–water partition coefficient (Wildman–Crippen LogP) is 4.54. The highest BCUT2D eigenvalue weighted by Gasteiger charge is 2.42. The monoisotopic (exact) mass is 354 g/mol. The van der Waals surface area contributed by atoms with Gasteiger partial charge in [-0.2, -0.15) is 0 Å². The fourth-order valence-electron chi connectivity index (χ4n) is 3.12. The minimum absolute atomic E-state index is 0.638. The number of para-hydroxylation sites is 2. The Morgan fingerprint density at radius 3 is 2.24 bits per heavy atom. The summed E-state index contributed by atoms with van der Waals surface area (Å²) in [4.78, 5) is 0. The van der Waals surface area contributed by atoms with Gasteiger partial charge in [-0.15, -0.1) is 0 Å². The number of unbranched alkanes of at least 4 members (excludes halogenated alkanes) is 1. The first kappa shape index (κ1) is 16.1. The highest BCUT2D eigenvalue weighted by atomic mass is 35.5. The third-order valence-corrected chi connectivity index (χ3v) is 4.75. The Kier molecular flexibility index (Phi) is 4.18. The van der Waals surface area contributed by atoms with E-state index in [0.717, 1.165) is 30.6 Å². The molecule has 0 saturated heterocycles. The molecular formula is C19H18BClNO3-. The first-order valence-corrected chi connectivity index (χ1v) is 8.98. The van der Waals surface area contributed by atoms with Crippen molar-refractivity contribution in [2.75, 3.05) is 0 Å². The molecule has 0 unspecified atom stereocenters. The van der Waals surface area contributed by atoms with Crippen LogP contribution in [0.5, 0.6) is 11.5 Å². The number of aryl methyl sites for hydroxylation is 1. The van der Waals surface area contributed by atoms with Crippen molar-refractivity contribution >= 4 is 22.9 Å². The lowest BCUT2D eigenvalue weighted by Gasteiger charge is -2.29. The second-order valence-corrected chi connectivity index (χ2v) is 6.71. The molecular weight excluding hydrogens is 336 g/mol. The molecule has 2 aromatic carbocycles. The molecule has 1 aliphatic rings.